The minimum absolute atomic E-state index is 0.158. The van der Waals surface area contributed by atoms with E-state index in [4.69, 9.17) is 4.98 Å². The van der Waals surface area contributed by atoms with Crippen LogP contribution in [0.3, 0.4) is 0 Å². The molecule has 1 fully saturated rings. The summed E-state index contributed by atoms with van der Waals surface area (Å²) in [6.45, 7) is 7.94. The van der Waals surface area contributed by atoms with E-state index in [2.05, 4.69) is 48.9 Å². The Kier molecular flexibility index (Phi) is 7.44. The molecule has 1 amide bonds. The highest BCUT2D eigenvalue weighted by Crippen LogP contribution is 2.34. The first-order chi connectivity index (χ1) is 21.8. The molecule has 12 heteroatoms. The van der Waals surface area contributed by atoms with E-state index in [1.165, 1.54) is 12.1 Å². The number of nitrogens with one attached hydrogen (secondary N) is 2. The number of amides is 1. The van der Waals surface area contributed by atoms with Crippen molar-refractivity contribution in [1.29, 1.82) is 0 Å². The molecule has 5 heterocycles. The Hall–Kier alpha value is -4.84. The van der Waals surface area contributed by atoms with E-state index >= 15 is 0 Å². The number of phenols is 1. The molecule has 2 aromatic carbocycles. The summed E-state index contributed by atoms with van der Waals surface area (Å²) in [5, 5.41) is 18.3. The van der Waals surface area contributed by atoms with Gasteiger partial charge in [-0.2, -0.15) is 5.10 Å². The quantitative estimate of drug-likeness (QED) is 0.265. The first-order valence-electron chi connectivity index (χ1n) is 15.4. The van der Waals surface area contributed by atoms with Gasteiger partial charge in [0.25, 0.3) is 5.91 Å². The highest BCUT2D eigenvalue weighted by molar-refractivity contribution is 5.94. The topological polar surface area (TPSA) is 130 Å². The summed E-state index contributed by atoms with van der Waals surface area (Å²) in [6.07, 6.45) is 5.62. The van der Waals surface area contributed by atoms with Crippen molar-refractivity contribution in [3.63, 3.8) is 0 Å². The molecule has 2 aliphatic rings. The minimum atomic E-state index is -0.652. The number of rotatable bonds is 5. The van der Waals surface area contributed by atoms with Gasteiger partial charge < -0.3 is 24.8 Å². The molecule has 11 nitrogen and oxygen atoms in total. The van der Waals surface area contributed by atoms with Crippen LogP contribution in [0.25, 0.3) is 33.5 Å². The van der Waals surface area contributed by atoms with Gasteiger partial charge in [0.05, 0.1) is 35.8 Å². The number of hydrogen-bond acceptors (Lipinski definition) is 8. The number of imidazole rings is 1. The second-order valence-electron chi connectivity index (χ2n) is 12.0. The predicted octanol–water partition coefficient (Wildman–Crippen LogP) is 4.55. The highest BCUT2D eigenvalue weighted by atomic mass is 19.1. The molecule has 0 spiro atoms. The van der Waals surface area contributed by atoms with Gasteiger partial charge in [-0.1, -0.05) is 13.0 Å². The molecule has 0 bridgehead atoms. The molecule has 0 radical (unpaired) electrons. The van der Waals surface area contributed by atoms with Crippen molar-refractivity contribution in [3.05, 3.63) is 71.2 Å². The van der Waals surface area contributed by atoms with Crippen molar-refractivity contribution < 1.29 is 14.3 Å². The number of hydrogen-bond donors (Lipinski definition) is 3. The first-order valence-corrected chi connectivity index (χ1v) is 15.4. The SMILES string of the molecule is CCc1cc(O)c(F)cc1-c1ccc2c(-c3nc4c([nH]3)CN(C(=O)c3cnc(N5CCCN(C)[C@H](C)C5)cn3)CC4)n[nH]c2c1. The third-order valence-electron chi connectivity index (χ3n) is 9.13. The number of aromatic nitrogens is 6. The average molecular weight is 610 g/mol. The predicted molar refractivity (Wildman–Crippen MR) is 170 cm³/mol. The largest absolute Gasteiger partial charge is 0.505 e. The van der Waals surface area contributed by atoms with Crippen molar-refractivity contribution in [1.82, 2.24) is 39.9 Å². The zero-order valence-electron chi connectivity index (χ0n) is 25.6. The van der Waals surface area contributed by atoms with Crippen LogP contribution in [-0.4, -0.2) is 90.2 Å². The summed E-state index contributed by atoms with van der Waals surface area (Å²) in [7, 11) is 2.15. The number of anilines is 1. The molecule has 0 aliphatic carbocycles. The Bertz CT molecular complexity index is 1880. The third-order valence-corrected chi connectivity index (χ3v) is 9.13. The van der Waals surface area contributed by atoms with Crippen LogP contribution in [-0.2, 0) is 19.4 Å². The van der Waals surface area contributed by atoms with Gasteiger partial charge in [-0.3, -0.25) is 9.89 Å². The van der Waals surface area contributed by atoms with Crippen LogP contribution in [0.15, 0.2) is 42.7 Å². The zero-order valence-corrected chi connectivity index (χ0v) is 25.6. The Morgan fingerprint density at radius 2 is 2.00 bits per heavy atom. The number of likely N-dealkylation sites (N-methyl/N-ethyl adjacent to an activating group) is 1. The number of nitrogens with zero attached hydrogens (tertiary/aromatic N) is 7. The van der Waals surface area contributed by atoms with E-state index in [1.807, 2.05) is 25.1 Å². The Morgan fingerprint density at radius 1 is 1.13 bits per heavy atom. The minimum Gasteiger partial charge on any atom is -0.505 e. The molecule has 2 aliphatic heterocycles. The van der Waals surface area contributed by atoms with E-state index in [0.29, 0.717) is 49.2 Å². The summed E-state index contributed by atoms with van der Waals surface area (Å²) < 4.78 is 14.2. The van der Waals surface area contributed by atoms with Gasteiger partial charge in [0.15, 0.2) is 17.4 Å². The van der Waals surface area contributed by atoms with Crippen molar-refractivity contribution in [2.45, 2.75) is 45.7 Å². The summed E-state index contributed by atoms with van der Waals surface area (Å²) in [6, 6.07) is 9.06. The van der Waals surface area contributed by atoms with E-state index in [0.717, 1.165) is 70.9 Å². The fourth-order valence-corrected chi connectivity index (χ4v) is 6.36. The van der Waals surface area contributed by atoms with E-state index < -0.39 is 5.82 Å². The third kappa shape index (κ3) is 5.39. The summed E-state index contributed by atoms with van der Waals surface area (Å²) >= 11 is 0. The lowest BCUT2D eigenvalue weighted by molar-refractivity contribution is 0.0725. The maximum atomic E-state index is 14.2. The van der Waals surface area contributed by atoms with E-state index in [1.54, 1.807) is 17.3 Å². The monoisotopic (exact) mass is 609 g/mol. The van der Waals surface area contributed by atoms with E-state index in [-0.39, 0.29) is 11.7 Å². The summed E-state index contributed by atoms with van der Waals surface area (Å²) in [5.41, 5.74) is 5.98. The number of halogens is 1. The van der Waals surface area contributed by atoms with Crippen molar-refractivity contribution >= 4 is 22.6 Å². The van der Waals surface area contributed by atoms with Gasteiger partial charge in [-0.05, 0) is 74.3 Å². The number of phenolic OH excluding ortho intramolecular Hbond substituents is 1. The summed E-state index contributed by atoms with van der Waals surface area (Å²) in [4.78, 5) is 37.1. The van der Waals surface area contributed by atoms with Gasteiger partial charge in [0.2, 0.25) is 0 Å². The van der Waals surface area contributed by atoms with Crippen molar-refractivity contribution in [2.24, 2.45) is 0 Å². The lowest BCUT2D eigenvalue weighted by Crippen LogP contribution is -2.37. The number of fused-ring (bicyclic) bond motifs is 2. The number of aromatic hydroxyl groups is 1. The van der Waals surface area contributed by atoms with Crippen LogP contribution in [0.5, 0.6) is 5.75 Å². The molecular formula is C33H36FN9O2. The van der Waals surface area contributed by atoms with Crippen molar-refractivity contribution in [3.8, 4) is 28.4 Å². The molecule has 3 N–H and O–H groups in total. The molecule has 7 rings (SSSR count). The van der Waals surface area contributed by atoms with Crippen LogP contribution >= 0.6 is 0 Å². The number of aryl methyl sites for hydroxylation is 1. The number of carbonyl (C=O) groups excluding carboxylic acids is 1. The van der Waals surface area contributed by atoms with Gasteiger partial charge in [-0.15, -0.1) is 0 Å². The Labute approximate surface area is 260 Å². The van der Waals surface area contributed by atoms with E-state index in [9.17, 15) is 14.3 Å². The lowest BCUT2D eigenvalue weighted by atomic mass is 9.96. The summed E-state index contributed by atoms with van der Waals surface area (Å²) in [5.74, 6) is 0.266. The maximum absolute atomic E-state index is 14.2. The fraction of sp³-hybridized carbons (Fsp3) is 0.364. The standard InChI is InChI=1S/C33H36FN9O2/c1-4-20-13-29(44)24(34)14-23(20)21-6-7-22-26(12-21)39-40-31(22)32-37-25-8-11-43(18-28(25)38-32)33(45)27-15-36-30(16-35-27)42-10-5-9-41(3)19(2)17-42/h6-7,12-16,19,44H,4-5,8-11,17-18H2,1-3H3,(H,37,38)(H,39,40)/t19-/m1/s1. The van der Waals surface area contributed by atoms with Gasteiger partial charge >= 0.3 is 0 Å². The number of carbonyl (C=O) groups is 1. The maximum Gasteiger partial charge on any atom is 0.274 e. The molecular weight excluding hydrogens is 573 g/mol. The number of H-pyrrole nitrogens is 2. The zero-order chi connectivity index (χ0) is 31.2. The molecule has 1 saturated heterocycles. The van der Waals surface area contributed by atoms with Crippen LogP contribution in [0.2, 0.25) is 0 Å². The van der Waals surface area contributed by atoms with Gasteiger partial charge in [0.1, 0.15) is 17.2 Å². The lowest BCUT2D eigenvalue weighted by Gasteiger charge is -2.27. The van der Waals surface area contributed by atoms with Gasteiger partial charge in [-0.25, -0.2) is 19.3 Å². The average Bonchev–Trinajstić information content (AvgIpc) is 3.63. The first kappa shape index (κ1) is 28.9. The normalized spacial score (nSPS) is 17.5. The Balaban J connectivity index is 1.08. The molecule has 3 aromatic heterocycles. The fourth-order valence-electron chi connectivity index (χ4n) is 6.36. The van der Waals surface area contributed by atoms with Crippen molar-refractivity contribution in [2.75, 3.05) is 38.1 Å². The smallest absolute Gasteiger partial charge is 0.274 e. The van der Waals surface area contributed by atoms with Gasteiger partial charge in [0, 0.05) is 37.5 Å². The number of benzene rings is 2. The molecule has 5 aromatic rings. The molecule has 45 heavy (non-hydrogen) atoms. The highest BCUT2D eigenvalue weighted by Gasteiger charge is 2.27. The van der Waals surface area contributed by atoms with Crippen LogP contribution < -0.4 is 4.90 Å². The molecule has 1 atom stereocenters. The molecule has 232 valence electrons. The second kappa shape index (κ2) is 11.6. The molecule has 0 unspecified atom stereocenters. The number of aromatic amines is 2. The second-order valence-corrected chi connectivity index (χ2v) is 12.0. The van der Waals surface area contributed by atoms with Crippen LogP contribution in [0.1, 0.15) is 47.7 Å². The van der Waals surface area contributed by atoms with Crippen LogP contribution in [0.4, 0.5) is 10.2 Å². The van der Waals surface area contributed by atoms with Crippen LogP contribution in [0, 0.1) is 5.82 Å². The molecule has 0 saturated carbocycles. The Morgan fingerprint density at radius 3 is 2.80 bits per heavy atom.